The van der Waals surface area contributed by atoms with E-state index in [4.69, 9.17) is 21.3 Å². The van der Waals surface area contributed by atoms with Gasteiger partial charge in [0.05, 0.1) is 22.4 Å². The summed E-state index contributed by atoms with van der Waals surface area (Å²) in [4.78, 5) is 33.2. The van der Waals surface area contributed by atoms with Crippen LogP contribution < -0.4 is 14.9 Å². The van der Waals surface area contributed by atoms with Crippen molar-refractivity contribution in [2.45, 2.75) is 33.4 Å². The van der Waals surface area contributed by atoms with Crippen LogP contribution in [0.1, 0.15) is 41.6 Å². The molecule has 0 saturated heterocycles. The van der Waals surface area contributed by atoms with E-state index in [-0.39, 0.29) is 12.2 Å². The summed E-state index contributed by atoms with van der Waals surface area (Å²) in [6.45, 7) is 6.50. The SMILES string of the molecule is CCOC(=O)C1=C(C)N=c2s/c(=C\c3c(C)n(Cc4ccccc4Cl)c4ccccc34)c(=O)n2[C@@H]1c1cccs1. The summed E-state index contributed by atoms with van der Waals surface area (Å²) < 4.78 is 9.81. The van der Waals surface area contributed by atoms with Crippen LogP contribution in [0, 0.1) is 6.92 Å². The fourth-order valence-electron chi connectivity index (χ4n) is 5.28. The van der Waals surface area contributed by atoms with E-state index in [1.54, 1.807) is 18.4 Å². The molecule has 0 spiro atoms. The third kappa shape index (κ3) is 4.46. The average molecular weight is 588 g/mol. The van der Waals surface area contributed by atoms with E-state index in [2.05, 4.69) is 23.6 Å². The van der Waals surface area contributed by atoms with Crippen LogP contribution in [0.2, 0.25) is 5.02 Å². The fraction of sp³-hybridized carbons (Fsp3) is 0.194. The summed E-state index contributed by atoms with van der Waals surface area (Å²) >= 11 is 9.35. The second-order valence-electron chi connectivity index (χ2n) is 9.51. The summed E-state index contributed by atoms with van der Waals surface area (Å²) in [5.74, 6) is -0.449. The Bertz CT molecular complexity index is 1980. The highest BCUT2D eigenvalue weighted by atomic mass is 35.5. The number of allylic oxidation sites excluding steroid dienone is 1. The maximum Gasteiger partial charge on any atom is 0.338 e. The number of thiophene rings is 1. The molecular weight excluding hydrogens is 562 g/mol. The lowest BCUT2D eigenvalue weighted by Gasteiger charge is -2.23. The van der Waals surface area contributed by atoms with Gasteiger partial charge in [-0.1, -0.05) is 65.4 Å². The number of aromatic nitrogens is 2. The molecule has 9 heteroatoms. The fourth-order valence-corrected chi connectivity index (χ4v) is 7.33. The van der Waals surface area contributed by atoms with Crippen LogP contribution in [0.15, 0.2) is 87.1 Å². The Morgan fingerprint density at radius 3 is 2.62 bits per heavy atom. The van der Waals surface area contributed by atoms with Crippen molar-refractivity contribution < 1.29 is 9.53 Å². The van der Waals surface area contributed by atoms with E-state index in [1.165, 1.54) is 22.7 Å². The van der Waals surface area contributed by atoms with Gasteiger partial charge in [0.15, 0.2) is 4.80 Å². The monoisotopic (exact) mass is 587 g/mol. The molecule has 0 unspecified atom stereocenters. The molecule has 0 N–H and O–H groups in total. The molecule has 1 aliphatic heterocycles. The van der Waals surface area contributed by atoms with E-state index >= 15 is 0 Å². The molecule has 3 aromatic heterocycles. The summed E-state index contributed by atoms with van der Waals surface area (Å²) in [6.07, 6.45) is 1.96. The largest absolute Gasteiger partial charge is 0.463 e. The van der Waals surface area contributed by atoms with E-state index in [0.717, 1.165) is 37.6 Å². The molecule has 1 aliphatic rings. The normalized spacial score (nSPS) is 15.4. The molecule has 6 nitrogen and oxygen atoms in total. The number of ether oxygens (including phenoxy) is 1. The number of nitrogens with zero attached hydrogens (tertiary/aromatic N) is 3. The van der Waals surface area contributed by atoms with Crippen LogP contribution in [-0.2, 0) is 16.1 Å². The Morgan fingerprint density at radius 1 is 1.10 bits per heavy atom. The van der Waals surface area contributed by atoms with Gasteiger partial charge in [-0.25, -0.2) is 9.79 Å². The minimum absolute atomic E-state index is 0.182. The first-order valence-corrected chi connectivity index (χ1v) is 15.0. The van der Waals surface area contributed by atoms with Gasteiger partial charge in [-0.3, -0.25) is 9.36 Å². The smallest absolute Gasteiger partial charge is 0.338 e. The second kappa shape index (κ2) is 10.7. The van der Waals surface area contributed by atoms with E-state index in [9.17, 15) is 9.59 Å². The van der Waals surface area contributed by atoms with Gasteiger partial charge in [-0.2, -0.15) is 0 Å². The number of esters is 1. The molecule has 1 atom stereocenters. The molecule has 0 aliphatic carbocycles. The summed E-state index contributed by atoms with van der Waals surface area (Å²) in [5.41, 5.74) is 4.88. The van der Waals surface area contributed by atoms with Crippen LogP contribution in [0.4, 0.5) is 0 Å². The first-order valence-electron chi connectivity index (χ1n) is 12.9. The predicted octanol–water partition coefficient (Wildman–Crippen LogP) is 5.82. The molecule has 202 valence electrons. The Balaban J connectivity index is 1.54. The van der Waals surface area contributed by atoms with Gasteiger partial charge in [0.2, 0.25) is 0 Å². The zero-order valence-corrected chi connectivity index (χ0v) is 24.6. The number of para-hydroxylation sites is 1. The number of rotatable bonds is 6. The highest BCUT2D eigenvalue weighted by Gasteiger charge is 2.34. The second-order valence-corrected chi connectivity index (χ2v) is 11.9. The molecule has 6 rings (SSSR count). The van der Waals surface area contributed by atoms with Gasteiger partial charge < -0.3 is 9.30 Å². The lowest BCUT2D eigenvalue weighted by molar-refractivity contribution is -0.139. The van der Waals surface area contributed by atoms with Crippen LogP contribution in [0.3, 0.4) is 0 Å². The molecule has 0 bridgehead atoms. The quantitative estimate of drug-likeness (QED) is 0.235. The first-order chi connectivity index (χ1) is 19.4. The molecule has 5 aromatic rings. The van der Waals surface area contributed by atoms with Crippen LogP contribution in [0.5, 0.6) is 0 Å². The zero-order valence-electron chi connectivity index (χ0n) is 22.2. The number of benzene rings is 2. The zero-order chi connectivity index (χ0) is 28.0. The molecule has 0 fully saturated rings. The first kappa shape index (κ1) is 26.5. The van der Waals surface area contributed by atoms with Gasteiger partial charge in [0.25, 0.3) is 5.56 Å². The summed E-state index contributed by atoms with van der Waals surface area (Å²) in [6, 6.07) is 19.3. The minimum Gasteiger partial charge on any atom is -0.463 e. The number of hydrogen-bond acceptors (Lipinski definition) is 6. The van der Waals surface area contributed by atoms with Crippen molar-refractivity contribution in [3.8, 4) is 0 Å². The van der Waals surface area contributed by atoms with Crippen molar-refractivity contribution in [3.63, 3.8) is 0 Å². The minimum atomic E-state index is -0.583. The number of carbonyl (C=O) groups is 1. The van der Waals surface area contributed by atoms with E-state index < -0.39 is 12.0 Å². The van der Waals surface area contributed by atoms with E-state index in [1.807, 2.05) is 60.0 Å². The molecular formula is C31H26ClN3O3S2. The average Bonchev–Trinajstić information content (AvgIpc) is 3.64. The highest BCUT2D eigenvalue weighted by molar-refractivity contribution is 7.10. The third-order valence-corrected chi connectivity index (χ3v) is 9.45. The highest BCUT2D eigenvalue weighted by Crippen LogP contribution is 2.33. The Kier molecular flexibility index (Phi) is 7.08. The maximum absolute atomic E-state index is 14.0. The third-order valence-electron chi connectivity index (χ3n) is 7.17. The van der Waals surface area contributed by atoms with Crippen LogP contribution in [-0.4, -0.2) is 21.7 Å². The molecule has 0 radical (unpaired) electrons. The topological polar surface area (TPSA) is 65.6 Å². The lowest BCUT2D eigenvalue weighted by Crippen LogP contribution is -2.39. The van der Waals surface area contributed by atoms with Crippen LogP contribution in [0.25, 0.3) is 17.0 Å². The summed E-state index contributed by atoms with van der Waals surface area (Å²) in [5, 5.41) is 3.72. The standard InChI is InChI=1S/C31H26ClN3O3S2/c1-4-38-30(37)27-18(2)33-31-35(28(27)25-14-9-15-39-25)29(36)26(40-31)16-22-19(3)34(24-13-8-6-11-21(22)24)17-20-10-5-7-12-23(20)32/h5-16,28H,4,17H2,1-3H3/b26-16-/t28-/m1/s1. The van der Waals surface area contributed by atoms with Crippen molar-refractivity contribution in [1.29, 1.82) is 0 Å². The predicted molar refractivity (Wildman–Crippen MR) is 162 cm³/mol. The molecule has 0 amide bonds. The number of hydrogen-bond donors (Lipinski definition) is 0. The van der Waals surface area contributed by atoms with Crippen LogP contribution >= 0.6 is 34.3 Å². The number of halogens is 1. The number of thiazole rings is 1. The Morgan fingerprint density at radius 2 is 1.88 bits per heavy atom. The summed E-state index contributed by atoms with van der Waals surface area (Å²) in [7, 11) is 0. The maximum atomic E-state index is 14.0. The van der Waals surface area contributed by atoms with Crippen molar-refractivity contribution in [2.75, 3.05) is 6.61 Å². The van der Waals surface area contributed by atoms with Gasteiger partial charge in [-0.05, 0) is 56.0 Å². The van der Waals surface area contributed by atoms with Gasteiger partial charge in [0.1, 0.15) is 6.04 Å². The van der Waals surface area contributed by atoms with Crippen molar-refractivity contribution in [1.82, 2.24) is 9.13 Å². The molecule has 2 aromatic carbocycles. The lowest BCUT2D eigenvalue weighted by atomic mass is 10.0. The van der Waals surface area contributed by atoms with Gasteiger partial charge in [0, 0.05) is 38.6 Å². The number of carbonyl (C=O) groups excluding carboxylic acids is 1. The van der Waals surface area contributed by atoms with Crippen molar-refractivity contribution in [2.24, 2.45) is 4.99 Å². The molecule has 4 heterocycles. The van der Waals surface area contributed by atoms with E-state index in [0.29, 0.717) is 27.1 Å². The molecule has 40 heavy (non-hydrogen) atoms. The van der Waals surface area contributed by atoms with Gasteiger partial charge >= 0.3 is 5.97 Å². The van der Waals surface area contributed by atoms with Crippen molar-refractivity contribution >= 4 is 57.2 Å². The Labute approximate surface area is 243 Å². The van der Waals surface area contributed by atoms with Gasteiger partial charge in [-0.15, -0.1) is 11.3 Å². The van der Waals surface area contributed by atoms with Crippen molar-refractivity contribution in [3.05, 3.63) is 124 Å². The molecule has 0 saturated carbocycles. The Hall–Kier alpha value is -3.72. The number of fused-ring (bicyclic) bond motifs is 2.